The van der Waals surface area contributed by atoms with Gasteiger partial charge in [0.2, 0.25) is 11.8 Å². The molecule has 0 saturated carbocycles. The maximum Gasteiger partial charge on any atom is 0.253 e. The van der Waals surface area contributed by atoms with Crippen molar-refractivity contribution in [2.24, 2.45) is 11.7 Å². The summed E-state index contributed by atoms with van der Waals surface area (Å²) in [5, 5.41) is 0. The van der Waals surface area contributed by atoms with Gasteiger partial charge in [-0.25, -0.2) is 4.90 Å². The van der Waals surface area contributed by atoms with Gasteiger partial charge in [-0.1, -0.05) is 13.8 Å². The molecule has 0 radical (unpaired) electrons. The molecule has 1 heterocycles. The molecule has 0 spiro atoms. The van der Waals surface area contributed by atoms with Gasteiger partial charge < -0.3 is 5.73 Å². The van der Waals surface area contributed by atoms with Gasteiger partial charge in [-0.05, 0) is 5.92 Å². The van der Waals surface area contributed by atoms with Crippen molar-refractivity contribution in [2.75, 3.05) is 0 Å². The quantitative estimate of drug-likeness (QED) is 0.512. The summed E-state index contributed by atoms with van der Waals surface area (Å²) in [5.41, 5.74) is 5.12. The van der Waals surface area contributed by atoms with Crippen molar-refractivity contribution in [3.05, 3.63) is 0 Å². The maximum atomic E-state index is 11.7. The second kappa shape index (κ2) is 4.37. The SMILES string of the molecule is CC(C)[C@H](N)C(=O)N1C(=O)C[C@H](P)C1=O. The van der Waals surface area contributed by atoms with Crippen molar-refractivity contribution in [3.63, 3.8) is 0 Å². The van der Waals surface area contributed by atoms with Crippen LogP contribution in [0.5, 0.6) is 0 Å². The zero-order chi connectivity index (χ0) is 11.7. The van der Waals surface area contributed by atoms with E-state index >= 15 is 0 Å². The van der Waals surface area contributed by atoms with E-state index in [0.29, 0.717) is 4.90 Å². The molecule has 0 aromatic rings. The highest BCUT2D eigenvalue weighted by Crippen LogP contribution is 2.21. The predicted octanol–water partition coefficient (Wildman–Crippen LogP) is -0.501. The number of hydrogen-bond acceptors (Lipinski definition) is 4. The summed E-state index contributed by atoms with van der Waals surface area (Å²) in [4.78, 5) is 35.3. The molecule has 0 aromatic carbocycles. The zero-order valence-electron chi connectivity index (χ0n) is 8.77. The number of carbonyl (C=O) groups is 3. The molecule has 5 nitrogen and oxygen atoms in total. The highest BCUT2D eigenvalue weighted by Gasteiger charge is 2.42. The van der Waals surface area contributed by atoms with Crippen LogP contribution in [0.1, 0.15) is 20.3 Å². The van der Waals surface area contributed by atoms with E-state index in [1.54, 1.807) is 13.8 Å². The van der Waals surface area contributed by atoms with Crippen LogP contribution in [0, 0.1) is 5.92 Å². The van der Waals surface area contributed by atoms with Crippen LogP contribution in [0.25, 0.3) is 0 Å². The monoisotopic (exact) mass is 230 g/mol. The lowest BCUT2D eigenvalue weighted by Crippen LogP contribution is -2.49. The number of likely N-dealkylation sites (tertiary alicyclic amines) is 1. The Bertz CT molecular complexity index is 316. The lowest BCUT2D eigenvalue weighted by Gasteiger charge is -2.19. The molecule has 0 bridgehead atoms. The first kappa shape index (κ1) is 12.3. The van der Waals surface area contributed by atoms with E-state index < -0.39 is 29.4 Å². The summed E-state index contributed by atoms with van der Waals surface area (Å²) in [7, 11) is 2.26. The van der Waals surface area contributed by atoms with Crippen LogP contribution in [0.15, 0.2) is 0 Å². The summed E-state index contributed by atoms with van der Waals surface area (Å²) in [6.07, 6.45) is 0.0695. The lowest BCUT2D eigenvalue weighted by atomic mass is 10.0. The molecule has 1 rings (SSSR count). The van der Waals surface area contributed by atoms with E-state index in [-0.39, 0.29) is 12.3 Å². The van der Waals surface area contributed by atoms with E-state index in [1.807, 2.05) is 0 Å². The smallest absolute Gasteiger partial charge is 0.253 e. The van der Waals surface area contributed by atoms with Crippen LogP contribution in [0.3, 0.4) is 0 Å². The Morgan fingerprint density at radius 2 is 2.07 bits per heavy atom. The number of nitrogens with zero attached hydrogens (tertiary/aromatic N) is 1. The molecule has 1 saturated heterocycles. The van der Waals surface area contributed by atoms with E-state index in [4.69, 9.17) is 5.73 Å². The highest BCUT2D eigenvalue weighted by atomic mass is 31.0. The third kappa shape index (κ3) is 2.24. The Morgan fingerprint density at radius 3 is 2.40 bits per heavy atom. The molecular weight excluding hydrogens is 215 g/mol. The third-order valence-corrected chi connectivity index (χ3v) is 2.93. The predicted molar refractivity (Wildman–Crippen MR) is 57.8 cm³/mol. The maximum absolute atomic E-state index is 11.7. The first-order chi connectivity index (χ1) is 6.86. The minimum atomic E-state index is -0.798. The van der Waals surface area contributed by atoms with E-state index in [2.05, 4.69) is 9.24 Å². The standard InChI is InChI=1S/C9H15N2O3P/c1-4(2)7(10)9(14)11-6(12)3-5(15)8(11)13/h4-5,7H,3,10,15H2,1-2H3/t5-,7-/m0/s1. The molecule has 6 heteroatoms. The van der Waals surface area contributed by atoms with E-state index in [1.165, 1.54) is 0 Å². The van der Waals surface area contributed by atoms with E-state index in [0.717, 1.165) is 0 Å². The first-order valence-corrected chi connectivity index (χ1v) is 5.44. The minimum Gasteiger partial charge on any atom is -0.320 e. The van der Waals surface area contributed by atoms with Gasteiger partial charge in [-0.2, -0.15) is 0 Å². The average Bonchev–Trinajstić information content (AvgIpc) is 2.39. The van der Waals surface area contributed by atoms with Crippen molar-refractivity contribution < 1.29 is 14.4 Å². The molecule has 84 valence electrons. The average molecular weight is 230 g/mol. The molecule has 1 unspecified atom stereocenters. The van der Waals surface area contributed by atoms with Gasteiger partial charge in [-0.15, -0.1) is 9.24 Å². The van der Waals surface area contributed by atoms with Gasteiger partial charge in [-0.3, -0.25) is 14.4 Å². The topological polar surface area (TPSA) is 80.5 Å². The van der Waals surface area contributed by atoms with Gasteiger partial charge in [0.1, 0.15) is 0 Å². The van der Waals surface area contributed by atoms with Crippen molar-refractivity contribution in [1.29, 1.82) is 0 Å². The van der Waals surface area contributed by atoms with E-state index in [9.17, 15) is 14.4 Å². The van der Waals surface area contributed by atoms with Gasteiger partial charge >= 0.3 is 0 Å². The summed E-state index contributed by atoms with van der Waals surface area (Å²) in [6, 6.07) is -0.798. The van der Waals surface area contributed by atoms with Crippen LogP contribution in [-0.2, 0) is 14.4 Å². The summed E-state index contributed by atoms with van der Waals surface area (Å²) < 4.78 is 0. The molecule has 15 heavy (non-hydrogen) atoms. The van der Waals surface area contributed by atoms with Crippen LogP contribution in [-0.4, -0.2) is 34.3 Å². The fraction of sp³-hybridized carbons (Fsp3) is 0.667. The summed E-state index contributed by atoms with van der Waals surface area (Å²) in [5.74, 6) is -1.61. The van der Waals surface area contributed by atoms with Crippen LogP contribution in [0.2, 0.25) is 0 Å². The molecule has 2 N–H and O–H groups in total. The number of amides is 3. The molecule has 0 aliphatic carbocycles. The third-order valence-electron chi connectivity index (χ3n) is 2.41. The lowest BCUT2D eigenvalue weighted by molar-refractivity contribution is -0.150. The second-order valence-corrected chi connectivity index (χ2v) is 4.79. The number of nitrogens with two attached hydrogens (primary N) is 1. The van der Waals surface area contributed by atoms with Gasteiger partial charge in [0.05, 0.1) is 11.7 Å². The Kier molecular flexibility index (Phi) is 3.58. The largest absolute Gasteiger partial charge is 0.320 e. The van der Waals surface area contributed by atoms with Gasteiger partial charge in [0.15, 0.2) is 0 Å². The normalized spacial score (nSPS) is 23.8. The molecule has 3 amide bonds. The fourth-order valence-electron chi connectivity index (χ4n) is 1.32. The number of carbonyl (C=O) groups excluding carboxylic acids is 3. The van der Waals surface area contributed by atoms with Crippen molar-refractivity contribution in [2.45, 2.75) is 32.0 Å². The molecular formula is C9H15N2O3P. The van der Waals surface area contributed by atoms with Crippen LogP contribution in [0.4, 0.5) is 0 Å². The number of imide groups is 3. The molecule has 1 aliphatic rings. The van der Waals surface area contributed by atoms with Gasteiger partial charge in [0, 0.05) is 6.42 Å². The summed E-state index contributed by atoms with van der Waals surface area (Å²) >= 11 is 0. The van der Waals surface area contributed by atoms with Gasteiger partial charge in [0.25, 0.3) is 5.91 Å². The molecule has 1 fully saturated rings. The molecule has 0 aromatic heterocycles. The highest BCUT2D eigenvalue weighted by molar-refractivity contribution is 7.19. The number of rotatable bonds is 2. The fourth-order valence-corrected chi connectivity index (χ4v) is 1.67. The molecule has 3 atom stereocenters. The van der Waals surface area contributed by atoms with Crippen molar-refractivity contribution >= 4 is 27.0 Å². The molecule has 1 aliphatic heterocycles. The Labute approximate surface area is 90.6 Å². The number of hydrogen-bond donors (Lipinski definition) is 1. The summed E-state index contributed by atoms with van der Waals surface area (Å²) in [6.45, 7) is 3.54. The Morgan fingerprint density at radius 1 is 1.53 bits per heavy atom. The second-order valence-electron chi connectivity index (χ2n) is 3.99. The Hall–Kier alpha value is -0.800. The van der Waals surface area contributed by atoms with Crippen LogP contribution >= 0.6 is 9.24 Å². The minimum absolute atomic E-state index is 0.0695. The zero-order valence-corrected chi connectivity index (χ0v) is 9.92. The van der Waals surface area contributed by atoms with Crippen molar-refractivity contribution in [1.82, 2.24) is 4.90 Å². The van der Waals surface area contributed by atoms with Crippen LogP contribution < -0.4 is 5.73 Å². The van der Waals surface area contributed by atoms with Crippen molar-refractivity contribution in [3.8, 4) is 0 Å². The Balaban J connectivity index is 2.85. The first-order valence-electron chi connectivity index (χ1n) is 4.78.